The Bertz CT molecular complexity index is 1350. The van der Waals surface area contributed by atoms with Crippen molar-refractivity contribution in [1.82, 2.24) is 4.57 Å². The molecule has 32 heavy (non-hydrogen) atoms. The summed E-state index contributed by atoms with van der Waals surface area (Å²) in [5.41, 5.74) is 1.59. The standard InChI is InChI=1S/C24H24N2O4S2/c1-14(2)13-30-23(28)20-15(3)25-24-26(21(20)18-10-7-11-31-18)22(27)19(32-24)12-16-8-5-6-9-17(16)29-4/h5-12,14,21H,13H2,1-4H3/b19-12+. The van der Waals surface area contributed by atoms with E-state index >= 15 is 0 Å². The van der Waals surface area contributed by atoms with Gasteiger partial charge in [0, 0.05) is 10.4 Å². The van der Waals surface area contributed by atoms with Gasteiger partial charge in [-0.15, -0.1) is 11.3 Å². The van der Waals surface area contributed by atoms with Gasteiger partial charge in [0.25, 0.3) is 5.56 Å². The maximum Gasteiger partial charge on any atom is 0.338 e. The minimum absolute atomic E-state index is 0.195. The first-order valence-electron chi connectivity index (χ1n) is 10.3. The summed E-state index contributed by atoms with van der Waals surface area (Å²) in [6.07, 6.45) is 1.81. The summed E-state index contributed by atoms with van der Waals surface area (Å²) in [6, 6.07) is 10.8. The lowest BCUT2D eigenvalue weighted by molar-refractivity contribution is -0.140. The molecule has 1 aliphatic heterocycles. The summed E-state index contributed by atoms with van der Waals surface area (Å²) in [7, 11) is 1.60. The van der Waals surface area contributed by atoms with E-state index in [1.165, 1.54) is 22.7 Å². The van der Waals surface area contributed by atoms with Crippen molar-refractivity contribution in [1.29, 1.82) is 0 Å². The van der Waals surface area contributed by atoms with Crippen LogP contribution in [-0.2, 0) is 9.53 Å². The van der Waals surface area contributed by atoms with Gasteiger partial charge in [-0.1, -0.05) is 49.4 Å². The molecular weight excluding hydrogens is 444 g/mol. The van der Waals surface area contributed by atoms with E-state index in [9.17, 15) is 9.59 Å². The maximum absolute atomic E-state index is 13.5. The van der Waals surface area contributed by atoms with Crippen LogP contribution in [0.2, 0.25) is 0 Å². The van der Waals surface area contributed by atoms with Crippen molar-refractivity contribution in [2.45, 2.75) is 26.8 Å². The number of hydrogen-bond acceptors (Lipinski definition) is 7. The normalized spacial score (nSPS) is 16.2. The lowest BCUT2D eigenvalue weighted by Gasteiger charge is -2.23. The van der Waals surface area contributed by atoms with E-state index in [0.717, 1.165) is 10.4 Å². The molecule has 8 heteroatoms. The van der Waals surface area contributed by atoms with Gasteiger partial charge in [-0.05, 0) is 36.4 Å². The second-order valence-corrected chi connectivity index (χ2v) is 9.82. The number of aromatic nitrogens is 1. The molecular formula is C24H24N2O4S2. The molecule has 0 radical (unpaired) electrons. The number of methoxy groups -OCH3 is 1. The van der Waals surface area contributed by atoms with Crippen molar-refractivity contribution < 1.29 is 14.3 Å². The molecule has 3 aromatic rings. The minimum atomic E-state index is -0.564. The third-order valence-electron chi connectivity index (χ3n) is 5.03. The van der Waals surface area contributed by atoms with Gasteiger partial charge >= 0.3 is 5.97 Å². The van der Waals surface area contributed by atoms with Crippen LogP contribution in [0.3, 0.4) is 0 Å². The van der Waals surface area contributed by atoms with Gasteiger partial charge in [0.2, 0.25) is 0 Å². The largest absolute Gasteiger partial charge is 0.496 e. The fraction of sp³-hybridized carbons (Fsp3) is 0.292. The number of esters is 1. The molecule has 1 unspecified atom stereocenters. The lowest BCUT2D eigenvalue weighted by atomic mass is 10.0. The quantitative estimate of drug-likeness (QED) is 0.519. The Labute approximate surface area is 193 Å². The van der Waals surface area contributed by atoms with Crippen molar-refractivity contribution in [3.8, 4) is 5.75 Å². The SMILES string of the molecule is COc1ccccc1/C=c1/sc2n(c1=O)C(c1cccs1)C(C(=O)OCC(C)C)=C(C)N=2. The molecule has 0 saturated carbocycles. The number of carbonyl (C=O) groups is 1. The Kier molecular flexibility index (Phi) is 6.43. The number of thiazole rings is 1. The number of ether oxygens (including phenoxy) is 2. The van der Waals surface area contributed by atoms with Crippen LogP contribution >= 0.6 is 22.7 Å². The second-order valence-electron chi connectivity index (χ2n) is 7.83. The van der Waals surface area contributed by atoms with Gasteiger partial charge in [-0.3, -0.25) is 9.36 Å². The summed E-state index contributed by atoms with van der Waals surface area (Å²) in [5, 5.41) is 1.94. The summed E-state index contributed by atoms with van der Waals surface area (Å²) in [6.45, 7) is 6.07. The number of fused-ring (bicyclic) bond motifs is 1. The van der Waals surface area contributed by atoms with Gasteiger partial charge in [0.05, 0.1) is 29.5 Å². The number of rotatable bonds is 6. The molecule has 0 N–H and O–H groups in total. The Morgan fingerprint density at radius 1 is 1.25 bits per heavy atom. The minimum Gasteiger partial charge on any atom is -0.496 e. The summed E-state index contributed by atoms with van der Waals surface area (Å²) in [4.78, 5) is 32.7. The summed E-state index contributed by atoms with van der Waals surface area (Å²) in [5.74, 6) is 0.460. The molecule has 1 aliphatic rings. The summed E-state index contributed by atoms with van der Waals surface area (Å²) >= 11 is 2.80. The second kappa shape index (κ2) is 9.26. The molecule has 6 nitrogen and oxygen atoms in total. The highest BCUT2D eigenvalue weighted by atomic mass is 32.1. The fourth-order valence-electron chi connectivity index (χ4n) is 3.55. The maximum atomic E-state index is 13.5. The van der Waals surface area contributed by atoms with Crippen LogP contribution in [0, 0.1) is 5.92 Å². The highest BCUT2D eigenvalue weighted by molar-refractivity contribution is 7.10. The monoisotopic (exact) mass is 468 g/mol. The van der Waals surface area contributed by atoms with Crippen molar-refractivity contribution in [2.75, 3.05) is 13.7 Å². The highest BCUT2D eigenvalue weighted by Crippen LogP contribution is 2.33. The first kappa shape index (κ1) is 22.2. The van der Waals surface area contributed by atoms with Crippen LogP contribution in [-0.4, -0.2) is 24.3 Å². The van der Waals surface area contributed by atoms with E-state index in [4.69, 9.17) is 9.47 Å². The molecule has 0 saturated heterocycles. The fourth-order valence-corrected chi connectivity index (χ4v) is 5.41. The zero-order chi connectivity index (χ0) is 22.8. The first-order valence-corrected chi connectivity index (χ1v) is 12.0. The average molecular weight is 469 g/mol. The van der Waals surface area contributed by atoms with E-state index in [0.29, 0.717) is 33.0 Å². The molecule has 1 aromatic carbocycles. The predicted octanol–water partition coefficient (Wildman–Crippen LogP) is 3.50. The zero-order valence-electron chi connectivity index (χ0n) is 18.3. The molecule has 0 bridgehead atoms. The molecule has 0 spiro atoms. The molecule has 0 fully saturated rings. The number of hydrogen-bond donors (Lipinski definition) is 0. The van der Waals surface area contributed by atoms with Crippen molar-refractivity contribution >= 4 is 34.7 Å². The number of benzene rings is 1. The number of para-hydroxylation sites is 1. The highest BCUT2D eigenvalue weighted by Gasteiger charge is 2.34. The average Bonchev–Trinajstić information content (AvgIpc) is 3.40. The molecule has 2 aromatic heterocycles. The number of thiophene rings is 1. The molecule has 3 heterocycles. The zero-order valence-corrected chi connectivity index (χ0v) is 20.0. The first-order chi connectivity index (χ1) is 15.4. The third-order valence-corrected chi connectivity index (χ3v) is 6.94. The van der Waals surface area contributed by atoms with Gasteiger partial charge in [0.1, 0.15) is 11.8 Å². The van der Waals surface area contributed by atoms with Gasteiger partial charge < -0.3 is 9.47 Å². The van der Waals surface area contributed by atoms with Crippen LogP contribution in [0.25, 0.3) is 6.08 Å². The lowest BCUT2D eigenvalue weighted by Crippen LogP contribution is -2.39. The van der Waals surface area contributed by atoms with E-state index in [1.807, 2.05) is 61.7 Å². The van der Waals surface area contributed by atoms with Crippen LogP contribution in [0.5, 0.6) is 5.75 Å². The van der Waals surface area contributed by atoms with Gasteiger partial charge in [-0.2, -0.15) is 0 Å². The third kappa shape index (κ3) is 4.20. The topological polar surface area (TPSA) is 69.9 Å². The van der Waals surface area contributed by atoms with Crippen LogP contribution in [0.1, 0.15) is 37.3 Å². The van der Waals surface area contributed by atoms with Crippen LogP contribution < -0.4 is 19.6 Å². The van der Waals surface area contributed by atoms with Crippen molar-refractivity contribution in [3.05, 3.63) is 83.2 Å². The van der Waals surface area contributed by atoms with Crippen LogP contribution in [0.15, 0.2) is 62.8 Å². The number of carbonyl (C=O) groups excluding carboxylic acids is 1. The number of allylic oxidation sites excluding steroid dienone is 1. The predicted molar refractivity (Wildman–Crippen MR) is 127 cm³/mol. The Balaban J connectivity index is 1.89. The van der Waals surface area contributed by atoms with E-state index in [-0.39, 0.29) is 11.5 Å². The smallest absolute Gasteiger partial charge is 0.338 e. The van der Waals surface area contributed by atoms with Gasteiger partial charge in [-0.25, -0.2) is 9.79 Å². The molecule has 1 atom stereocenters. The number of nitrogens with zero attached hydrogens (tertiary/aromatic N) is 2. The molecule has 0 amide bonds. The van der Waals surface area contributed by atoms with E-state index < -0.39 is 12.0 Å². The molecule has 4 rings (SSSR count). The Hall–Kier alpha value is -2.97. The Morgan fingerprint density at radius 2 is 2.03 bits per heavy atom. The van der Waals surface area contributed by atoms with E-state index in [1.54, 1.807) is 18.6 Å². The summed E-state index contributed by atoms with van der Waals surface area (Å²) < 4.78 is 13.1. The molecule has 166 valence electrons. The van der Waals surface area contributed by atoms with Crippen molar-refractivity contribution in [3.63, 3.8) is 0 Å². The van der Waals surface area contributed by atoms with Crippen LogP contribution in [0.4, 0.5) is 0 Å². The van der Waals surface area contributed by atoms with E-state index in [2.05, 4.69) is 4.99 Å². The van der Waals surface area contributed by atoms with Gasteiger partial charge in [0.15, 0.2) is 4.80 Å². The van der Waals surface area contributed by atoms with Crippen molar-refractivity contribution in [2.24, 2.45) is 10.9 Å². The molecule has 0 aliphatic carbocycles. The Morgan fingerprint density at radius 3 is 2.72 bits per heavy atom.